The van der Waals surface area contributed by atoms with Crippen molar-refractivity contribution in [2.24, 2.45) is 0 Å². The van der Waals surface area contributed by atoms with Crippen LogP contribution in [-0.2, 0) is 9.31 Å². The molecule has 10 nitrogen and oxygen atoms in total. The van der Waals surface area contributed by atoms with Gasteiger partial charge in [-0.05, 0) is 148 Å². The van der Waals surface area contributed by atoms with Crippen molar-refractivity contribution in [3.05, 3.63) is 308 Å². The fraction of sp³-hybridized carbons (Fsp3) is 0.0682. The molecule has 478 valence electrons. The van der Waals surface area contributed by atoms with Gasteiger partial charge in [0.1, 0.15) is 22.3 Å². The average molecular weight is 1360 g/mol. The van der Waals surface area contributed by atoms with E-state index in [9.17, 15) is 0 Å². The van der Waals surface area contributed by atoms with E-state index in [0.717, 1.165) is 131 Å². The number of aromatic nitrogens is 6. The summed E-state index contributed by atoms with van der Waals surface area (Å²) in [4.78, 5) is 29.8. The number of halogens is 1. The molecule has 0 radical (unpaired) electrons. The molecule has 1 saturated heterocycles. The first-order valence-electron chi connectivity index (χ1n) is 33.4. The van der Waals surface area contributed by atoms with Crippen LogP contribution in [0, 0.1) is 0 Å². The molecule has 100 heavy (non-hydrogen) atoms. The second kappa shape index (κ2) is 25.6. The van der Waals surface area contributed by atoms with Crippen molar-refractivity contribution in [1.82, 2.24) is 29.9 Å². The first kappa shape index (κ1) is 61.8. The van der Waals surface area contributed by atoms with Crippen molar-refractivity contribution in [3.8, 4) is 79.5 Å². The third-order valence-corrected chi connectivity index (χ3v) is 19.9. The van der Waals surface area contributed by atoms with Crippen LogP contribution in [0.25, 0.3) is 166 Å². The molecule has 4 aromatic heterocycles. The van der Waals surface area contributed by atoms with Crippen LogP contribution < -0.4 is 5.46 Å². The maximum Gasteiger partial charge on any atom is 0.494 e. The van der Waals surface area contributed by atoms with Crippen molar-refractivity contribution in [3.63, 3.8) is 0 Å². The van der Waals surface area contributed by atoms with Crippen molar-refractivity contribution in [2.75, 3.05) is 0 Å². The second-order valence-corrected chi connectivity index (χ2v) is 26.9. The summed E-state index contributed by atoms with van der Waals surface area (Å²) in [5.41, 5.74) is 11.9. The number of furan rings is 2. The molecule has 18 aromatic rings. The average Bonchev–Trinajstić information content (AvgIpc) is 1.49. The smallest absolute Gasteiger partial charge is 0.456 e. The molecule has 5 heterocycles. The Morgan fingerprint density at radius 2 is 0.620 bits per heavy atom. The highest BCUT2D eigenvalue weighted by atomic mass is 79.9. The Morgan fingerprint density at radius 1 is 0.260 bits per heavy atom. The van der Waals surface area contributed by atoms with E-state index in [1.165, 1.54) is 10.8 Å². The van der Waals surface area contributed by atoms with Crippen LogP contribution in [0.3, 0.4) is 0 Å². The normalized spacial score (nSPS) is 13.3. The summed E-state index contributed by atoms with van der Waals surface area (Å²) in [6.07, 6.45) is 0. The first-order chi connectivity index (χ1) is 48.9. The lowest BCUT2D eigenvalue weighted by molar-refractivity contribution is 0.00578. The fourth-order valence-corrected chi connectivity index (χ4v) is 13.8. The standard InChI is InChI=1S/C41H25N3O.C29H18BrN3.C18H19BO3/c1-2-11-27(12-3-1)39-42-40(30-19-18-26-10-4-5-13-28(26)24-30)44-41(43-39)36-23-22-31(32-14-6-7-15-33(32)36)29-20-21-35-34-16-8-9-17-37(34)45-38(35)25-29;30-26-17-16-25(23-12-6-7-13-24(23)26)29-32-27(20-9-2-1-3-10-20)31-28(33-29)22-15-14-19-8-4-5-11-21(19)18-22;1-17(2)18(3,4)22-19(21-17)12-9-10-14-13-7-5-6-8-15(13)20-16(14)11-12/h1-25H;1-18H;5-11H,1-4H3. The molecule has 12 heteroatoms. The summed E-state index contributed by atoms with van der Waals surface area (Å²) in [6.45, 7) is 8.25. The minimum atomic E-state index is -0.359. The zero-order chi connectivity index (χ0) is 67.5. The number of benzene rings is 14. The van der Waals surface area contributed by atoms with Crippen molar-refractivity contribution in [1.29, 1.82) is 0 Å². The van der Waals surface area contributed by atoms with Gasteiger partial charge in [-0.25, -0.2) is 29.9 Å². The van der Waals surface area contributed by atoms with Gasteiger partial charge in [0.15, 0.2) is 34.9 Å². The molecular formula is C88H62BBrN6O4. The highest BCUT2D eigenvalue weighted by molar-refractivity contribution is 9.10. The summed E-state index contributed by atoms with van der Waals surface area (Å²) in [6, 6.07) is 104. The minimum absolute atomic E-state index is 0.333. The van der Waals surface area contributed by atoms with Gasteiger partial charge in [-0.15, -0.1) is 0 Å². The van der Waals surface area contributed by atoms with Gasteiger partial charge in [0.05, 0.1) is 11.2 Å². The maximum atomic E-state index is 6.23. The Kier molecular flexibility index (Phi) is 15.8. The SMILES string of the molecule is Brc1ccc(-c2nc(-c3ccccc3)nc(-c3ccc4ccccc4c3)n2)c2ccccc12.CC1(C)OB(c2ccc3c(c2)oc2ccccc23)OC1(C)C.c1ccc(-c2nc(-c3ccc4ccccc4c3)nc(-c3ccc(-c4ccc5c(c4)oc4ccccc45)c4ccccc34)n2)cc1. The fourth-order valence-electron chi connectivity index (χ4n) is 13.3. The lowest BCUT2D eigenvalue weighted by Gasteiger charge is -2.32. The first-order valence-corrected chi connectivity index (χ1v) is 34.2. The van der Waals surface area contributed by atoms with Crippen molar-refractivity contribution in [2.45, 2.75) is 38.9 Å². The van der Waals surface area contributed by atoms with Gasteiger partial charge in [0, 0.05) is 59.4 Å². The second-order valence-electron chi connectivity index (χ2n) is 26.1. The number of hydrogen-bond donors (Lipinski definition) is 0. The quantitative estimate of drug-likeness (QED) is 0.136. The van der Waals surface area contributed by atoms with Gasteiger partial charge in [-0.1, -0.05) is 259 Å². The Balaban J connectivity index is 0.000000119. The van der Waals surface area contributed by atoms with Crippen LogP contribution in [-0.4, -0.2) is 48.2 Å². The molecule has 0 bridgehead atoms. The molecule has 1 aliphatic heterocycles. The number of para-hydroxylation sites is 2. The number of hydrogen-bond acceptors (Lipinski definition) is 10. The van der Waals surface area contributed by atoms with Crippen molar-refractivity contribution < 1.29 is 18.1 Å². The number of fused-ring (bicyclic) bond motifs is 10. The van der Waals surface area contributed by atoms with Gasteiger partial charge in [0.2, 0.25) is 0 Å². The van der Waals surface area contributed by atoms with E-state index in [1.54, 1.807) is 0 Å². The maximum absolute atomic E-state index is 6.23. The van der Waals surface area contributed by atoms with E-state index in [1.807, 2.05) is 121 Å². The lowest BCUT2D eigenvalue weighted by Crippen LogP contribution is -2.41. The number of rotatable bonds is 8. The lowest BCUT2D eigenvalue weighted by atomic mass is 9.79. The monoisotopic (exact) mass is 1360 g/mol. The molecule has 0 aliphatic carbocycles. The van der Waals surface area contributed by atoms with E-state index < -0.39 is 0 Å². The molecule has 0 unspecified atom stereocenters. The van der Waals surface area contributed by atoms with Gasteiger partial charge in [-0.2, -0.15) is 0 Å². The Bertz CT molecular complexity index is 6160. The Hall–Kier alpha value is -11.8. The molecule has 19 rings (SSSR count). The largest absolute Gasteiger partial charge is 0.494 e. The predicted molar refractivity (Wildman–Crippen MR) is 412 cm³/mol. The topological polar surface area (TPSA) is 122 Å². The van der Waals surface area contributed by atoms with Gasteiger partial charge in [-0.3, -0.25) is 0 Å². The van der Waals surface area contributed by atoms with Gasteiger partial charge in [0.25, 0.3) is 0 Å². The van der Waals surface area contributed by atoms with Gasteiger partial charge >= 0.3 is 7.12 Å². The molecule has 0 atom stereocenters. The summed E-state index contributed by atoms with van der Waals surface area (Å²) < 4.78 is 25.4. The van der Waals surface area contributed by atoms with Crippen LogP contribution in [0.15, 0.2) is 317 Å². The van der Waals surface area contributed by atoms with Crippen LogP contribution in [0.5, 0.6) is 0 Å². The summed E-state index contributed by atoms with van der Waals surface area (Å²) in [7, 11) is -0.359. The third-order valence-electron chi connectivity index (χ3n) is 19.2. The summed E-state index contributed by atoms with van der Waals surface area (Å²) in [5, 5.41) is 13.6. The molecule has 0 amide bonds. The van der Waals surface area contributed by atoms with E-state index in [0.29, 0.717) is 34.9 Å². The van der Waals surface area contributed by atoms with Crippen LogP contribution in [0.4, 0.5) is 0 Å². The van der Waals surface area contributed by atoms with E-state index in [-0.39, 0.29) is 18.3 Å². The summed E-state index contributed by atoms with van der Waals surface area (Å²) in [5.74, 6) is 3.92. The van der Waals surface area contributed by atoms with Crippen LogP contribution >= 0.6 is 15.9 Å². The zero-order valence-electron chi connectivity index (χ0n) is 55.1. The van der Waals surface area contributed by atoms with Crippen molar-refractivity contribution >= 4 is 115 Å². The molecular weight excluding hydrogens is 1300 g/mol. The molecule has 14 aromatic carbocycles. The Morgan fingerprint density at radius 3 is 1.14 bits per heavy atom. The highest BCUT2D eigenvalue weighted by Crippen LogP contribution is 2.41. The van der Waals surface area contributed by atoms with E-state index in [4.69, 9.17) is 48.0 Å². The zero-order valence-corrected chi connectivity index (χ0v) is 56.7. The van der Waals surface area contributed by atoms with Crippen LogP contribution in [0.1, 0.15) is 27.7 Å². The van der Waals surface area contributed by atoms with E-state index >= 15 is 0 Å². The molecule has 1 aliphatic rings. The highest BCUT2D eigenvalue weighted by Gasteiger charge is 2.51. The van der Waals surface area contributed by atoms with Crippen LogP contribution in [0.2, 0.25) is 0 Å². The molecule has 1 fully saturated rings. The molecule has 0 saturated carbocycles. The minimum Gasteiger partial charge on any atom is -0.456 e. The van der Waals surface area contributed by atoms with Gasteiger partial charge < -0.3 is 18.1 Å². The molecule has 0 spiro atoms. The molecule has 0 N–H and O–H groups in total. The summed E-state index contributed by atoms with van der Waals surface area (Å²) >= 11 is 3.68. The third kappa shape index (κ3) is 11.7. The predicted octanol–water partition coefficient (Wildman–Crippen LogP) is 22.6. The number of nitrogens with zero attached hydrogens (tertiary/aromatic N) is 6. The van der Waals surface area contributed by atoms with E-state index in [2.05, 4.69) is 226 Å². The Labute approximate surface area is 585 Å².